The first-order valence-corrected chi connectivity index (χ1v) is 6.65. The third kappa shape index (κ3) is 3.03. The van der Waals surface area contributed by atoms with E-state index in [-0.39, 0.29) is 5.15 Å². The zero-order valence-corrected chi connectivity index (χ0v) is 11.4. The molecule has 0 spiro atoms. The van der Waals surface area contributed by atoms with Gasteiger partial charge in [-0.3, -0.25) is 0 Å². The van der Waals surface area contributed by atoms with Gasteiger partial charge in [-0.1, -0.05) is 24.9 Å². The normalized spacial score (nSPS) is 11.8. The van der Waals surface area contributed by atoms with Gasteiger partial charge in [-0.15, -0.1) is 11.3 Å². The molecule has 0 atom stereocenters. The van der Waals surface area contributed by atoms with Crippen molar-refractivity contribution in [3.05, 3.63) is 28.2 Å². The molecule has 0 amide bonds. The van der Waals surface area contributed by atoms with E-state index in [1.165, 1.54) is 12.5 Å². The molecular weight excluding hydrogens is 299 g/mol. The smallest absolute Gasteiger partial charge is 0.240 e. The summed E-state index contributed by atoms with van der Waals surface area (Å²) >= 11 is 6.52. The molecule has 2 heterocycles. The number of hydrogen-bond acceptors (Lipinski definition) is 4. The zero-order valence-electron chi connectivity index (χ0n) is 9.83. The lowest BCUT2D eigenvalue weighted by Crippen LogP contribution is -2.02. The van der Waals surface area contributed by atoms with Gasteiger partial charge in [-0.25, -0.2) is 15.0 Å². The fourth-order valence-corrected chi connectivity index (χ4v) is 2.62. The third-order valence-electron chi connectivity index (χ3n) is 2.37. The van der Waals surface area contributed by atoms with Crippen LogP contribution in [0.1, 0.15) is 23.9 Å². The summed E-state index contributed by atoms with van der Waals surface area (Å²) in [6.45, 7) is 1.95. The van der Waals surface area contributed by atoms with Crippen molar-refractivity contribution in [2.45, 2.75) is 25.9 Å². The molecule has 0 aliphatic rings. The summed E-state index contributed by atoms with van der Waals surface area (Å²) in [5.41, 5.74) is 1.08. The van der Waals surface area contributed by atoms with E-state index < -0.39 is 11.2 Å². The molecule has 0 aliphatic carbocycles. The molecule has 0 fully saturated rings. The van der Waals surface area contributed by atoms with Crippen LogP contribution < -0.4 is 0 Å². The highest BCUT2D eigenvalue weighted by Crippen LogP contribution is 2.37. The van der Waals surface area contributed by atoms with Crippen LogP contribution in [0.25, 0.3) is 10.6 Å². The van der Waals surface area contributed by atoms with Crippen LogP contribution in [0.5, 0.6) is 0 Å². The monoisotopic (exact) mass is 307 g/mol. The van der Waals surface area contributed by atoms with Crippen molar-refractivity contribution in [3.8, 4) is 10.6 Å². The van der Waals surface area contributed by atoms with Crippen LogP contribution in [0.15, 0.2) is 12.5 Å². The van der Waals surface area contributed by atoms with Crippen LogP contribution in [0.4, 0.5) is 13.2 Å². The summed E-state index contributed by atoms with van der Waals surface area (Å²) < 4.78 is 37.6. The van der Waals surface area contributed by atoms with Crippen LogP contribution in [0.3, 0.4) is 0 Å². The van der Waals surface area contributed by atoms with Crippen molar-refractivity contribution in [2.24, 2.45) is 0 Å². The van der Waals surface area contributed by atoms with E-state index in [1.807, 2.05) is 6.92 Å². The van der Waals surface area contributed by atoms with Gasteiger partial charge in [0.25, 0.3) is 0 Å². The molecule has 0 aromatic carbocycles. The van der Waals surface area contributed by atoms with Crippen molar-refractivity contribution >= 4 is 22.9 Å². The van der Waals surface area contributed by atoms with Crippen LogP contribution in [0, 0.1) is 0 Å². The number of alkyl halides is 3. The highest BCUT2D eigenvalue weighted by molar-refractivity contribution is 7.15. The Morgan fingerprint density at radius 2 is 2.00 bits per heavy atom. The second-order valence-electron chi connectivity index (χ2n) is 3.77. The molecule has 0 bridgehead atoms. The van der Waals surface area contributed by atoms with E-state index in [2.05, 4.69) is 15.0 Å². The summed E-state index contributed by atoms with van der Waals surface area (Å²) in [6, 6.07) is 0. The summed E-state index contributed by atoms with van der Waals surface area (Å²) in [5.74, 6) is 0. The average molecular weight is 308 g/mol. The standard InChI is InChI=1S/C11H9ClF3N3S/c1-2-3-6-8(17-5-18-9(6)12)7-4-16-10(19-7)11(13,14)15/h4-5H,2-3H2,1H3. The Kier molecular flexibility index (Phi) is 4.05. The molecule has 0 saturated heterocycles. The molecule has 2 aromatic rings. The highest BCUT2D eigenvalue weighted by Gasteiger charge is 2.35. The average Bonchev–Trinajstić information content (AvgIpc) is 2.81. The third-order valence-corrected chi connectivity index (χ3v) is 3.75. The second kappa shape index (κ2) is 5.42. The first-order chi connectivity index (χ1) is 8.93. The number of halogens is 4. The van der Waals surface area contributed by atoms with E-state index in [4.69, 9.17) is 11.6 Å². The number of aromatic nitrogens is 3. The van der Waals surface area contributed by atoms with Gasteiger partial charge in [0.05, 0.1) is 10.6 Å². The molecule has 0 radical (unpaired) electrons. The van der Waals surface area contributed by atoms with E-state index in [9.17, 15) is 13.2 Å². The first-order valence-electron chi connectivity index (χ1n) is 5.46. The summed E-state index contributed by atoms with van der Waals surface area (Å²) in [7, 11) is 0. The molecule has 3 nitrogen and oxygen atoms in total. The Labute approximate surface area is 116 Å². The van der Waals surface area contributed by atoms with Gasteiger partial charge in [0, 0.05) is 11.8 Å². The van der Waals surface area contributed by atoms with E-state index in [1.54, 1.807) is 0 Å². The van der Waals surface area contributed by atoms with E-state index in [0.29, 0.717) is 33.9 Å². The fourth-order valence-electron chi connectivity index (χ4n) is 1.59. The van der Waals surface area contributed by atoms with Gasteiger partial charge in [0.1, 0.15) is 11.5 Å². The van der Waals surface area contributed by atoms with E-state index >= 15 is 0 Å². The topological polar surface area (TPSA) is 38.7 Å². The molecule has 0 aliphatic heterocycles. The quantitative estimate of drug-likeness (QED) is 0.797. The molecular formula is C11H9ClF3N3S. The molecule has 2 rings (SSSR count). The number of hydrogen-bond donors (Lipinski definition) is 0. The maximum atomic E-state index is 12.5. The molecule has 19 heavy (non-hydrogen) atoms. The molecule has 102 valence electrons. The van der Waals surface area contributed by atoms with Crippen LogP contribution in [0.2, 0.25) is 5.15 Å². The SMILES string of the molecule is CCCc1c(Cl)ncnc1-c1cnc(C(F)(F)F)s1. The number of nitrogens with zero attached hydrogens (tertiary/aromatic N) is 3. The van der Waals surface area contributed by atoms with Gasteiger partial charge in [0.2, 0.25) is 0 Å². The van der Waals surface area contributed by atoms with Gasteiger partial charge in [-0.05, 0) is 6.42 Å². The molecule has 2 aromatic heterocycles. The zero-order chi connectivity index (χ0) is 14.0. The minimum absolute atomic E-state index is 0.272. The Balaban J connectivity index is 2.47. The highest BCUT2D eigenvalue weighted by atomic mass is 35.5. The summed E-state index contributed by atoms with van der Waals surface area (Å²) in [5, 5.41) is -0.617. The lowest BCUT2D eigenvalue weighted by Gasteiger charge is -2.06. The number of rotatable bonds is 3. The van der Waals surface area contributed by atoms with Gasteiger partial charge < -0.3 is 0 Å². The fraction of sp³-hybridized carbons (Fsp3) is 0.364. The predicted octanol–water partition coefficient (Wildman–Crippen LogP) is 4.22. The van der Waals surface area contributed by atoms with E-state index in [0.717, 1.165) is 6.42 Å². The Hall–Kier alpha value is -1.21. The number of thiazole rings is 1. The van der Waals surface area contributed by atoms with Crippen LogP contribution >= 0.6 is 22.9 Å². The van der Waals surface area contributed by atoms with Gasteiger partial charge >= 0.3 is 6.18 Å². The first kappa shape index (κ1) is 14.2. The second-order valence-corrected chi connectivity index (χ2v) is 5.16. The van der Waals surface area contributed by atoms with Crippen molar-refractivity contribution in [1.82, 2.24) is 15.0 Å². The molecule has 0 unspecified atom stereocenters. The lowest BCUT2D eigenvalue weighted by molar-refractivity contribution is -0.137. The Morgan fingerprint density at radius 1 is 1.26 bits per heavy atom. The van der Waals surface area contributed by atoms with Crippen molar-refractivity contribution in [3.63, 3.8) is 0 Å². The van der Waals surface area contributed by atoms with Gasteiger partial charge in [-0.2, -0.15) is 13.2 Å². The molecule has 8 heteroatoms. The lowest BCUT2D eigenvalue weighted by atomic mass is 10.1. The van der Waals surface area contributed by atoms with Crippen molar-refractivity contribution in [2.75, 3.05) is 0 Å². The van der Waals surface area contributed by atoms with Crippen molar-refractivity contribution < 1.29 is 13.2 Å². The Bertz CT molecular complexity index is 583. The summed E-state index contributed by atoms with van der Waals surface area (Å²) in [4.78, 5) is 11.6. The van der Waals surface area contributed by atoms with Crippen LogP contribution in [-0.2, 0) is 12.6 Å². The predicted molar refractivity (Wildman–Crippen MR) is 67.1 cm³/mol. The molecule has 0 N–H and O–H groups in total. The van der Waals surface area contributed by atoms with Crippen LogP contribution in [-0.4, -0.2) is 15.0 Å². The maximum absolute atomic E-state index is 12.5. The minimum Gasteiger partial charge on any atom is -0.240 e. The summed E-state index contributed by atoms with van der Waals surface area (Å²) in [6.07, 6.45) is -0.626. The Morgan fingerprint density at radius 3 is 2.58 bits per heavy atom. The largest absolute Gasteiger partial charge is 0.443 e. The van der Waals surface area contributed by atoms with Crippen molar-refractivity contribution in [1.29, 1.82) is 0 Å². The van der Waals surface area contributed by atoms with Gasteiger partial charge in [0.15, 0.2) is 5.01 Å². The minimum atomic E-state index is -4.44. The maximum Gasteiger partial charge on any atom is 0.443 e. The molecule has 0 saturated carbocycles.